The lowest BCUT2D eigenvalue weighted by Crippen LogP contribution is -2.38. The maximum Gasteiger partial charge on any atom is 0.319 e. The molecule has 94 valence electrons. The van der Waals surface area contributed by atoms with Crippen LogP contribution < -0.4 is 15.4 Å². The van der Waals surface area contributed by atoms with Gasteiger partial charge >= 0.3 is 6.03 Å². The van der Waals surface area contributed by atoms with Gasteiger partial charge in [-0.3, -0.25) is 0 Å². The Morgan fingerprint density at radius 2 is 2.29 bits per heavy atom. The summed E-state index contributed by atoms with van der Waals surface area (Å²) < 4.78 is 5.08. The number of carbonyl (C=O) groups is 1. The number of carbonyl (C=O) groups excluding carboxylic acids is 1. The average molecular weight is 259 g/mol. The molecule has 6 heteroatoms. The highest BCUT2D eigenvalue weighted by Gasteiger charge is 2.09. The minimum Gasteiger partial charge on any atom is -0.495 e. The van der Waals surface area contributed by atoms with Crippen LogP contribution in [0.25, 0.3) is 0 Å². The summed E-state index contributed by atoms with van der Waals surface area (Å²) in [4.78, 5) is 11.5. The summed E-state index contributed by atoms with van der Waals surface area (Å²) in [7, 11) is 1.50. The number of hydrogen-bond acceptors (Lipinski definition) is 3. The molecule has 5 nitrogen and oxygen atoms in total. The number of benzene rings is 1. The molecule has 0 radical (unpaired) electrons. The smallest absolute Gasteiger partial charge is 0.319 e. The van der Waals surface area contributed by atoms with Crippen LogP contribution in [0.4, 0.5) is 10.5 Å². The second-order valence-electron chi connectivity index (χ2n) is 3.53. The number of amides is 2. The molecule has 2 amide bonds. The van der Waals surface area contributed by atoms with E-state index in [1.807, 2.05) is 0 Å². The van der Waals surface area contributed by atoms with Crippen molar-refractivity contribution in [2.75, 3.05) is 19.0 Å². The summed E-state index contributed by atoms with van der Waals surface area (Å²) in [5, 5.41) is 14.4. The second-order valence-corrected chi connectivity index (χ2v) is 3.96. The van der Waals surface area contributed by atoms with Gasteiger partial charge in [-0.05, 0) is 25.1 Å². The van der Waals surface area contributed by atoms with E-state index >= 15 is 0 Å². The van der Waals surface area contributed by atoms with Gasteiger partial charge in [-0.1, -0.05) is 11.6 Å². The van der Waals surface area contributed by atoms with E-state index in [2.05, 4.69) is 10.6 Å². The first-order chi connectivity index (χ1) is 8.06. The molecular weight excluding hydrogens is 244 g/mol. The molecule has 0 spiro atoms. The van der Waals surface area contributed by atoms with Crippen LogP contribution in [0.1, 0.15) is 6.92 Å². The Morgan fingerprint density at radius 1 is 1.59 bits per heavy atom. The van der Waals surface area contributed by atoms with Crippen molar-refractivity contribution < 1.29 is 14.6 Å². The quantitative estimate of drug-likeness (QED) is 0.772. The van der Waals surface area contributed by atoms with E-state index in [-0.39, 0.29) is 12.6 Å². The number of anilines is 1. The lowest BCUT2D eigenvalue weighted by Gasteiger charge is -2.14. The van der Waals surface area contributed by atoms with Crippen LogP contribution in [0.15, 0.2) is 18.2 Å². The number of halogens is 1. The third-order valence-electron chi connectivity index (χ3n) is 2.06. The number of hydrogen-bond donors (Lipinski definition) is 3. The van der Waals surface area contributed by atoms with Gasteiger partial charge in [-0.25, -0.2) is 4.79 Å². The molecule has 0 heterocycles. The highest BCUT2D eigenvalue weighted by molar-refractivity contribution is 6.31. The van der Waals surface area contributed by atoms with Crippen LogP contribution in [0, 0.1) is 0 Å². The minimum absolute atomic E-state index is 0.125. The average Bonchev–Trinajstić information content (AvgIpc) is 2.29. The number of nitrogens with one attached hydrogen (secondary N) is 2. The summed E-state index contributed by atoms with van der Waals surface area (Å²) in [6, 6.07) is 4.17. The summed E-state index contributed by atoms with van der Waals surface area (Å²) in [6.07, 6.45) is 0. The Kier molecular flexibility index (Phi) is 5.06. The maximum atomic E-state index is 11.5. The highest BCUT2D eigenvalue weighted by atomic mass is 35.5. The third kappa shape index (κ3) is 4.13. The molecule has 0 aliphatic heterocycles. The van der Waals surface area contributed by atoms with Gasteiger partial charge in [0.2, 0.25) is 0 Å². The predicted octanol–water partition coefficient (Wildman–Crippen LogP) is 1.85. The fraction of sp³-hybridized carbons (Fsp3) is 0.364. The SMILES string of the molecule is COc1ccc(Cl)cc1NC(=O)NC(C)CO. The van der Waals surface area contributed by atoms with Crippen LogP contribution in [0.3, 0.4) is 0 Å². The van der Waals surface area contributed by atoms with E-state index in [4.69, 9.17) is 21.4 Å². The fourth-order valence-corrected chi connectivity index (χ4v) is 1.38. The van der Waals surface area contributed by atoms with E-state index in [1.54, 1.807) is 25.1 Å². The zero-order valence-corrected chi connectivity index (χ0v) is 10.4. The van der Waals surface area contributed by atoms with E-state index in [0.29, 0.717) is 16.5 Å². The molecule has 3 N–H and O–H groups in total. The van der Waals surface area contributed by atoms with E-state index < -0.39 is 6.03 Å². The number of aliphatic hydroxyl groups is 1. The lowest BCUT2D eigenvalue weighted by molar-refractivity contribution is 0.229. The Labute approximate surface area is 105 Å². The van der Waals surface area contributed by atoms with Gasteiger partial charge in [-0.2, -0.15) is 0 Å². The first-order valence-electron chi connectivity index (χ1n) is 5.08. The van der Waals surface area contributed by atoms with Crippen molar-refractivity contribution >= 4 is 23.3 Å². The van der Waals surface area contributed by atoms with Crippen LogP contribution >= 0.6 is 11.6 Å². The minimum atomic E-state index is -0.424. The highest BCUT2D eigenvalue weighted by Crippen LogP contribution is 2.27. The van der Waals surface area contributed by atoms with Crippen molar-refractivity contribution in [3.8, 4) is 5.75 Å². The molecule has 0 fully saturated rings. The first kappa shape index (κ1) is 13.6. The Balaban J connectivity index is 2.73. The first-order valence-corrected chi connectivity index (χ1v) is 5.46. The van der Waals surface area contributed by atoms with E-state index in [0.717, 1.165) is 0 Å². The van der Waals surface area contributed by atoms with Gasteiger partial charge in [0.05, 0.1) is 25.4 Å². The number of rotatable bonds is 4. The summed E-state index contributed by atoms with van der Waals surface area (Å²) >= 11 is 5.82. The lowest BCUT2D eigenvalue weighted by atomic mass is 10.3. The second kappa shape index (κ2) is 6.32. The number of methoxy groups -OCH3 is 1. The van der Waals surface area contributed by atoms with Crippen molar-refractivity contribution in [2.45, 2.75) is 13.0 Å². The van der Waals surface area contributed by atoms with Gasteiger partial charge in [0.25, 0.3) is 0 Å². The van der Waals surface area contributed by atoms with Crippen molar-refractivity contribution in [3.05, 3.63) is 23.2 Å². The molecule has 17 heavy (non-hydrogen) atoms. The van der Waals surface area contributed by atoms with Crippen molar-refractivity contribution in [1.82, 2.24) is 5.32 Å². The van der Waals surface area contributed by atoms with E-state index in [9.17, 15) is 4.79 Å². The number of ether oxygens (including phenoxy) is 1. The van der Waals surface area contributed by atoms with Gasteiger partial charge in [0.1, 0.15) is 5.75 Å². The zero-order chi connectivity index (χ0) is 12.8. The zero-order valence-electron chi connectivity index (χ0n) is 9.66. The Bertz CT molecular complexity index is 398. The molecule has 1 atom stereocenters. The van der Waals surface area contributed by atoms with Crippen molar-refractivity contribution in [1.29, 1.82) is 0 Å². The molecule has 0 aliphatic rings. The normalized spacial score (nSPS) is 11.8. The van der Waals surface area contributed by atoms with Crippen LogP contribution in [0.5, 0.6) is 5.75 Å². The molecule has 0 saturated carbocycles. The maximum absolute atomic E-state index is 11.5. The molecule has 1 aromatic rings. The topological polar surface area (TPSA) is 70.6 Å². The molecule has 0 bridgehead atoms. The number of urea groups is 1. The molecule has 0 aromatic heterocycles. The largest absolute Gasteiger partial charge is 0.495 e. The molecular formula is C11H15ClN2O3. The van der Waals surface area contributed by atoms with Gasteiger partial charge in [-0.15, -0.1) is 0 Å². The Hall–Kier alpha value is -1.46. The molecule has 0 aliphatic carbocycles. The van der Waals surface area contributed by atoms with Crippen molar-refractivity contribution in [3.63, 3.8) is 0 Å². The summed E-state index contributed by atoms with van der Waals surface area (Å²) in [6.45, 7) is 1.56. The van der Waals surface area contributed by atoms with Crippen LogP contribution in [0.2, 0.25) is 5.02 Å². The molecule has 0 saturated heterocycles. The molecule has 1 aromatic carbocycles. The fourth-order valence-electron chi connectivity index (χ4n) is 1.21. The van der Waals surface area contributed by atoms with Gasteiger partial charge in [0, 0.05) is 5.02 Å². The molecule has 1 rings (SSSR count). The van der Waals surface area contributed by atoms with Gasteiger partial charge < -0.3 is 20.5 Å². The van der Waals surface area contributed by atoms with Crippen LogP contribution in [-0.4, -0.2) is 30.9 Å². The summed E-state index contributed by atoms with van der Waals surface area (Å²) in [5.41, 5.74) is 0.475. The standard InChI is InChI=1S/C11H15ClN2O3/c1-7(6-15)13-11(16)14-9-5-8(12)3-4-10(9)17-2/h3-5,7,15H,6H2,1-2H3,(H2,13,14,16). The number of aliphatic hydroxyl groups excluding tert-OH is 1. The molecule has 1 unspecified atom stereocenters. The summed E-state index contributed by atoms with van der Waals surface area (Å²) in [5.74, 6) is 0.515. The van der Waals surface area contributed by atoms with E-state index in [1.165, 1.54) is 7.11 Å². The Morgan fingerprint density at radius 3 is 2.88 bits per heavy atom. The van der Waals surface area contributed by atoms with Crippen LogP contribution in [-0.2, 0) is 0 Å². The third-order valence-corrected chi connectivity index (χ3v) is 2.30. The van der Waals surface area contributed by atoms with Gasteiger partial charge in [0.15, 0.2) is 0 Å². The predicted molar refractivity (Wildman–Crippen MR) is 66.7 cm³/mol. The van der Waals surface area contributed by atoms with Crippen molar-refractivity contribution in [2.24, 2.45) is 0 Å². The monoisotopic (exact) mass is 258 g/mol.